The lowest BCUT2D eigenvalue weighted by molar-refractivity contribution is 0.323. The van der Waals surface area contributed by atoms with Gasteiger partial charge >= 0.3 is 0 Å². The highest BCUT2D eigenvalue weighted by molar-refractivity contribution is 7.98. The van der Waals surface area contributed by atoms with E-state index in [0.29, 0.717) is 11.8 Å². The first-order valence-electron chi connectivity index (χ1n) is 4.81. The predicted molar refractivity (Wildman–Crippen MR) is 57.9 cm³/mol. The molecule has 1 unspecified atom stereocenters. The monoisotopic (exact) mass is 215 g/mol. The Morgan fingerprint density at radius 1 is 1.50 bits per heavy atom. The smallest absolute Gasteiger partial charge is 0.243 e. The van der Waals surface area contributed by atoms with Crippen LogP contribution in [0.1, 0.15) is 38.5 Å². The molecule has 0 amide bonds. The van der Waals surface area contributed by atoms with Gasteiger partial charge in [0.25, 0.3) is 0 Å². The van der Waals surface area contributed by atoms with Gasteiger partial charge in [-0.2, -0.15) is 16.7 Å². The third-order valence-corrected chi connectivity index (χ3v) is 2.79. The third kappa shape index (κ3) is 2.99. The molecular weight excluding hydrogens is 198 g/mol. The Morgan fingerprint density at radius 3 is 2.79 bits per heavy atom. The van der Waals surface area contributed by atoms with Gasteiger partial charge in [0.2, 0.25) is 5.89 Å². The van der Waals surface area contributed by atoms with E-state index in [1.807, 2.05) is 13.8 Å². The molecule has 0 bridgehead atoms. The van der Waals surface area contributed by atoms with E-state index in [1.165, 1.54) is 0 Å². The lowest BCUT2D eigenvalue weighted by Gasteiger charge is -2.09. The van der Waals surface area contributed by atoms with Crippen LogP contribution in [0.2, 0.25) is 0 Å². The molecule has 1 aromatic heterocycles. The zero-order valence-electron chi connectivity index (χ0n) is 8.86. The summed E-state index contributed by atoms with van der Waals surface area (Å²) in [6.07, 6.45) is 0. The van der Waals surface area contributed by atoms with Crippen molar-refractivity contribution in [3.8, 4) is 0 Å². The van der Waals surface area contributed by atoms with E-state index in [9.17, 15) is 0 Å². The second kappa shape index (κ2) is 5.36. The summed E-state index contributed by atoms with van der Waals surface area (Å²) >= 11 is 1.77. The Labute approximate surface area is 88.6 Å². The standard InChI is InChI=1S/C9H17N3OS/c1-4-14-5-7-11-9(13-12-7)8(10)6(2)3/h6,8H,4-5,10H2,1-3H3. The maximum Gasteiger partial charge on any atom is 0.243 e. The zero-order valence-corrected chi connectivity index (χ0v) is 9.67. The van der Waals surface area contributed by atoms with Gasteiger partial charge < -0.3 is 10.3 Å². The van der Waals surface area contributed by atoms with Gasteiger partial charge in [0.05, 0.1) is 11.8 Å². The quantitative estimate of drug-likeness (QED) is 0.813. The first-order chi connectivity index (χ1) is 6.65. The molecule has 0 aromatic carbocycles. The Morgan fingerprint density at radius 2 is 2.21 bits per heavy atom. The SMILES string of the molecule is CCSCc1noc(C(N)C(C)C)n1. The zero-order chi connectivity index (χ0) is 10.6. The average molecular weight is 215 g/mol. The summed E-state index contributed by atoms with van der Waals surface area (Å²) in [6, 6.07) is -0.150. The maximum absolute atomic E-state index is 5.88. The molecule has 0 fully saturated rings. The maximum atomic E-state index is 5.88. The molecule has 2 N–H and O–H groups in total. The molecule has 4 nitrogen and oxygen atoms in total. The molecule has 0 spiro atoms. The van der Waals surface area contributed by atoms with Crippen LogP contribution in [-0.2, 0) is 5.75 Å². The molecule has 1 aromatic rings. The summed E-state index contributed by atoms with van der Waals surface area (Å²) in [5.74, 6) is 3.46. The fourth-order valence-electron chi connectivity index (χ4n) is 0.940. The van der Waals surface area contributed by atoms with Crippen LogP contribution in [0.5, 0.6) is 0 Å². The van der Waals surface area contributed by atoms with Gasteiger partial charge in [0.15, 0.2) is 5.82 Å². The van der Waals surface area contributed by atoms with Crippen LogP contribution in [0.25, 0.3) is 0 Å². The van der Waals surface area contributed by atoms with Crippen LogP contribution < -0.4 is 5.73 Å². The summed E-state index contributed by atoms with van der Waals surface area (Å²) in [5.41, 5.74) is 5.88. The molecular formula is C9H17N3OS. The lowest BCUT2D eigenvalue weighted by Crippen LogP contribution is -2.17. The van der Waals surface area contributed by atoms with Crippen molar-refractivity contribution in [3.63, 3.8) is 0 Å². The van der Waals surface area contributed by atoms with Crippen LogP contribution in [0.4, 0.5) is 0 Å². The van der Waals surface area contributed by atoms with E-state index >= 15 is 0 Å². The third-order valence-electron chi connectivity index (χ3n) is 1.92. The number of hydrogen-bond donors (Lipinski definition) is 1. The molecule has 80 valence electrons. The second-order valence-corrected chi connectivity index (χ2v) is 4.73. The van der Waals surface area contributed by atoms with Gasteiger partial charge in [0.1, 0.15) is 0 Å². The highest BCUT2D eigenvalue weighted by Gasteiger charge is 2.17. The fraction of sp³-hybridized carbons (Fsp3) is 0.778. The van der Waals surface area contributed by atoms with E-state index < -0.39 is 0 Å². The van der Waals surface area contributed by atoms with E-state index in [0.717, 1.165) is 17.3 Å². The summed E-state index contributed by atoms with van der Waals surface area (Å²) in [7, 11) is 0. The minimum Gasteiger partial charge on any atom is -0.338 e. The van der Waals surface area contributed by atoms with Gasteiger partial charge in [-0.3, -0.25) is 0 Å². The van der Waals surface area contributed by atoms with Crippen molar-refractivity contribution < 1.29 is 4.52 Å². The summed E-state index contributed by atoms with van der Waals surface area (Å²) in [4.78, 5) is 4.25. The fourth-order valence-corrected chi connectivity index (χ4v) is 1.44. The summed E-state index contributed by atoms with van der Waals surface area (Å²) in [6.45, 7) is 6.18. The molecule has 0 aliphatic rings. The number of nitrogens with zero attached hydrogens (tertiary/aromatic N) is 2. The first kappa shape index (κ1) is 11.5. The molecule has 14 heavy (non-hydrogen) atoms. The first-order valence-corrected chi connectivity index (χ1v) is 5.96. The largest absolute Gasteiger partial charge is 0.338 e. The Hall–Kier alpha value is -0.550. The molecule has 0 radical (unpaired) electrons. The van der Waals surface area contributed by atoms with Crippen molar-refractivity contribution in [1.29, 1.82) is 0 Å². The number of nitrogens with two attached hydrogens (primary N) is 1. The van der Waals surface area contributed by atoms with Gasteiger partial charge in [0, 0.05) is 0 Å². The minimum atomic E-state index is -0.150. The van der Waals surface area contributed by atoms with Crippen molar-refractivity contribution in [2.75, 3.05) is 5.75 Å². The lowest BCUT2D eigenvalue weighted by atomic mass is 10.1. The molecule has 5 heteroatoms. The molecule has 0 aliphatic carbocycles. The molecule has 1 atom stereocenters. The molecule has 0 saturated carbocycles. The molecule has 0 aliphatic heterocycles. The van der Waals surface area contributed by atoms with Crippen LogP contribution in [0.15, 0.2) is 4.52 Å². The molecule has 0 saturated heterocycles. The van der Waals surface area contributed by atoms with Gasteiger partial charge in [-0.05, 0) is 11.7 Å². The highest BCUT2D eigenvalue weighted by Crippen LogP contribution is 2.17. The number of rotatable bonds is 5. The van der Waals surface area contributed by atoms with Gasteiger partial charge in [-0.25, -0.2) is 0 Å². The predicted octanol–water partition coefficient (Wildman–Crippen LogP) is 1.98. The van der Waals surface area contributed by atoms with E-state index in [4.69, 9.17) is 10.3 Å². The van der Waals surface area contributed by atoms with Crippen LogP contribution in [0, 0.1) is 5.92 Å². The average Bonchev–Trinajstić information content (AvgIpc) is 2.61. The van der Waals surface area contributed by atoms with Crippen LogP contribution in [-0.4, -0.2) is 15.9 Å². The number of thioether (sulfide) groups is 1. The highest BCUT2D eigenvalue weighted by atomic mass is 32.2. The Balaban J connectivity index is 2.58. The number of aromatic nitrogens is 2. The van der Waals surface area contributed by atoms with Crippen molar-refractivity contribution in [1.82, 2.24) is 10.1 Å². The van der Waals surface area contributed by atoms with Crippen molar-refractivity contribution in [2.24, 2.45) is 11.7 Å². The van der Waals surface area contributed by atoms with Crippen molar-refractivity contribution in [2.45, 2.75) is 32.6 Å². The Bertz CT molecular complexity index is 275. The minimum absolute atomic E-state index is 0.150. The van der Waals surface area contributed by atoms with E-state index in [-0.39, 0.29) is 6.04 Å². The normalized spacial score (nSPS) is 13.5. The van der Waals surface area contributed by atoms with E-state index in [1.54, 1.807) is 11.8 Å². The van der Waals surface area contributed by atoms with Gasteiger partial charge in [-0.15, -0.1) is 0 Å². The second-order valence-electron chi connectivity index (χ2n) is 3.46. The van der Waals surface area contributed by atoms with Gasteiger partial charge in [-0.1, -0.05) is 25.9 Å². The molecule has 1 heterocycles. The van der Waals surface area contributed by atoms with Crippen molar-refractivity contribution in [3.05, 3.63) is 11.7 Å². The van der Waals surface area contributed by atoms with Crippen LogP contribution >= 0.6 is 11.8 Å². The molecule has 1 rings (SSSR count). The topological polar surface area (TPSA) is 64.9 Å². The summed E-state index contributed by atoms with van der Waals surface area (Å²) in [5, 5.41) is 3.87. The van der Waals surface area contributed by atoms with Crippen LogP contribution in [0.3, 0.4) is 0 Å². The van der Waals surface area contributed by atoms with E-state index in [2.05, 4.69) is 17.1 Å². The summed E-state index contributed by atoms with van der Waals surface area (Å²) < 4.78 is 5.09. The Kier molecular flexibility index (Phi) is 4.41. The number of hydrogen-bond acceptors (Lipinski definition) is 5. The van der Waals surface area contributed by atoms with Crippen molar-refractivity contribution >= 4 is 11.8 Å².